The van der Waals surface area contributed by atoms with Crippen molar-refractivity contribution in [3.05, 3.63) is 66.2 Å². The second kappa shape index (κ2) is 9.23. The van der Waals surface area contributed by atoms with E-state index in [9.17, 15) is 0 Å². The first-order valence-electron chi connectivity index (χ1n) is 8.01. The molecule has 0 heterocycles. The van der Waals surface area contributed by atoms with Crippen LogP contribution in [0.25, 0.3) is 0 Å². The summed E-state index contributed by atoms with van der Waals surface area (Å²) >= 11 is 0. The number of benzene rings is 2. The van der Waals surface area contributed by atoms with Gasteiger partial charge in [0.1, 0.15) is 5.75 Å². The molecule has 1 aliphatic carbocycles. The molecule has 0 N–H and O–H groups in total. The molecule has 0 aromatic heterocycles. The van der Waals surface area contributed by atoms with Crippen LogP contribution in [-0.4, -0.2) is 7.11 Å². The van der Waals surface area contributed by atoms with Gasteiger partial charge in [0.15, 0.2) is 0 Å². The van der Waals surface area contributed by atoms with Crippen molar-refractivity contribution in [3.63, 3.8) is 0 Å². The molecule has 0 radical (unpaired) electrons. The third kappa shape index (κ3) is 6.03. The average Bonchev–Trinajstić information content (AvgIpc) is 2.58. The molecule has 2 aromatic carbocycles. The molecule has 0 spiro atoms. The fourth-order valence-corrected chi connectivity index (χ4v) is 2.90. The number of para-hydroxylation sites is 1. The van der Waals surface area contributed by atoms with Gasteiger partial charge in [0.05, 0.1) is 7.11 Å². The van der Waals surface area contributed by atoms with Crippen molar-refractivity contribution in [1.82, 2.24) is 0 Å². The smallest absolute Gasteiger partial charge is 0.118 e. The normalized spacial score (nSPS) is 14.9. The van der Waals surface area contributed by atoms with Crippen LogP contribution in [0.5, 0.6) is 5.75 Å². The molecule has 2 aromatic rings. The average molecular weight is 282 g/mol. The summed E-state index contributed by atoms with van der Waals surface area (Å²) in [6.45, 7) is 0. The van der Waals surface area contributed by atoms with Crippen LogP contribution < -0.4 is 4.74 Å². The Labute approximate surface area is 129 Å². The molecule has 1 saturated carbocycles. The van der Waals surface area contributed by atoms with Crippen molar-refractivity contribution < 1.29 is 4.74 Å². The Morgan fingerprint density at radius 1 is 0.810 bits per heavy atom. The Balaban J connectivity index is 0.000000173. The van der Waals surface area contributed by atoms with E-state index in [-0.39, 0.29) is 0 Å². The molecule has 0 unspecified atom stereocenters. The standard InChI is InChI=1S/C13H18.C7H8O/c1-3-7-12(8-4-1)11-13-9-5-2-6-10-13;1-8-7-5-3-2-4-6-7/h1,3-4,7-8,13H,2,5-6,9-11H2;2-6H,1H3. The fraction of sp³-hybridized carbons (Fsp3) is 0.400. The predicted octanol–water partition coefficient (Wildman–Crippen LogP) is 5.50. The van der Waals surface area contributed by atoms with E-state index in [1.165, 1.54) is 44.1 Å². The van der Waals surface area contributed by atoms with Crippen molar-refractivity contribution in [2.75, 3.05) is 7.11 Å². The van der Waals surface area contributed by atoms with Gasteiger partial charge >= 0.3 is 0 Å². The number of hydrogen-bond donors (Lipinski definition) is 0. The lowest BCUT2D eigenvalue weighted by molar-refractivity contribution is 0.356. The number of ether oxygens (including phenoxy) is 1. The van der Waals surface area contributed by atoms with E-state index in [0.717, 1.165) is 11.7 Å². The van der Waals surface area contributed by atoms with Crippen LogP contribution in [0.3, 0.4) is 0 Å². The van der Waals surface area contributed by atoms with E-state index in [0.29, 0.717) is 0 Å². The molecule has 0 saturated heterocycles. The molecular weight excluding hydrogens is 256 g/mol. The highest BCUT2D eigenvalue weighted by Crippen LogP contribution is 2.26. The van der Waals surface area contributed by atoms with Crippen LogP contribution in [-0.2, 0) is 6.42 Å². The first-order chi connectivity index (χ1) is 10.4. The van der Waals surface area contributed by atoms with Gasteiger partial charge in [0, 0.05) is 0 Å². The molecule has 1 fully saturated rings. The molecule has 1 aliphatic rings. The van der Waals surface area contributed by atoms with Crippen LogP contribution in [0.4, 0.5) is 0 Å². The molecule has 1 heteroatoms. The van der Waals surface area contributed by atoms with Crippen LogP contribution in [0.15, 0.2) is 60.7 Å². The Morgan fingerprint density at radius 2 is 1.38 bits per heavy atom. The van der Waals surface area contributed by atoms with Gasteiger partial charge in [-0.05, 0) is 30.0 Å². The van der Waals surface area contributed by atoms with Crippen LogP contribution in [0, 0.1) is 5.92 Å². The third-order valence-corrected chi connectivity index (χ3v) is 4.07. The van der Waals surface area contributed by atoms with Gasteiger partial charge in [-0.25, -0.2) is 0 Å². The number of rotatable bonds is 3. The molecule has 0 atom stereocenters. The summed E-state index contributed by atoms with van der Waals surface area (Å²) in [4.78, 5) is 0. The highest BCUT2D eigenvalue weighted by atomic mass is 16.5. The van der Waals surface area contributed by atoms with Gasteiger partial charge in [-0.15, -0.1) is 0 Å². The minimum atomic E-state index is 0.910. The lowest BCUT2D eigenvalue weighted by Gasteiger charge is -2.21. The molecule has 0 amide bonds. The second-order valence-corrected chi connectivity index (χ2v) is 5.71. The quantitative estimate of drug-likeness (QED) is 0.721. The van der Waals surface area contributed by atoms with Crippen molar-refractivity contribution in [2.24, 2.45) is 5.92 Å². The first kappa shape index (κ1) is 15.6. The molecular formula is C20H26O. The SMILES string of the molecule is COc1ccccc1.c1ccc(CC2CCCCC2)cc1. The summed E-state index contributed by atoms with van der Waals surface area (Å²) in [5, 5.41) is 0. The van der Waals surface area contributed by atoms with E-state index in [2.05, 4.69) is 30.3 Å². The maximum atomic E-state index is 4.91. The lowest BCUT2D eigenvalue weighted by Crippen LogP contribution is -2.08. The molecule has 3 rings (SSSR count). The van der Waals surface area contributed by atoms with Crippen LogP contribution in [0.2, 0.25) is 0 Å². The summed E-state index contributed by atoms with van der Waals surface area (Å²) in [5.41, 5.74) is 1.52. The van der Waals surface area contributed by atoms with Gasteiger partial charge in [-0.2, -0.15) is 0 Å². The Hall–Kier alpha value is -1.76. The monoisotopic (exact) mass is 282 g/mol. The maximum absolute atomic E-state index is 4.91. The molecule has 1 nitrogen and oxygen atoms in total. The molecule has 0 aliphatic heterocycles. The minimum Gasteiger partial charge on any atom is -0.497 e. The molecule has 21 heavy (non-hydrogen) atoms. The summed E-state index contributed by atoms with van der Waals surface area (Å²) in [7, 11) is 1.66. The van der Waals surface area contributed by atoms with Crippen LogP contribution >= 0.6 is 0 Å². The first-order valence-corrected chi connectivity index (χ1v) is 8.01. The Bertz CT molecular complexity index is 472. The van der Waals surface area contributed by atoms with E-state index in [4.69, 9.17) is 4.74 Å². The Kier molecular flexibility index (Phi) is 6.87. The van der Waals surface area contributed by atoms with Gasteiger partial charge in [0.25, 0.3) is 0 Å². The van der Waals surface area contributed by atoms with Crippen molar-refractivity contribution in [2.45, 2.75) is 38.5 Å². The second-order valence-electron chi connectivity index (χ2n) is 5.71. The lowest BCUT2D eigenvalue weighted by atomic mass is 9.85. The minimum absolute atomic E-state index is 0.910. The topological polar surface area (TPSA) is 9.23 Å². The predicted molar refractivity (Wildman–Crippen MR) is 89.7 cm³/mol. The van der Waals surface area contributed by atoms with E-state index in [1.54, 1.807) is 7.11 Å². The number of methoxy groups -OCH3 is 1. The summed E-state index contributed by atoms with van der Waals surface area (Å²) in [6.07, 6.45) is 8.59. The van der Waals surface area contributed by atoms with E-state index < -0.39 is 0 Å². The van der Waals surface area contributed by atoms with Crippen molar-refractivity contribution in [1.29, 1.82) is 0 Å². The van der Waals surface area contributed by atoms with E-state index in [1.807, 2.05) is 30.3 Å². The zero-order valence-corrected chi connectivity index (χ0v) is 13.0. The highest BCUT2D eigenvalue weighted by molar-refractivity contribution is 5.20. The summed E-state index contributed by atoms with van der Waals surface area (Å²) < 4.78 is 4.91. The Morgan fingerprint density at radius 3 is 1.90 bits per heavy atom. The summed E-state index contributed by atoms with van der Waals surface area (Å²) in [6, 6.07) is 20.6. The fourth-order valence-electron chi connectivity index (χ4n) is 2.90. The molecule has 112 valence electrons. The van der Waals surface area contributed by atoms with Gasteiger partial charge < -0.3 is 4.74 Å². The van der Waals surface area contributed by atoms with Crippen molar-refractivity contribution >= 4 is 0 Å². The third-order valence-electron chi connectivity index (χ3n) is 4.07. The maximum Gasteiger partial charge on any atom is 0.118 e. The zero-order valence-electron chi connectivity index (χ0n) is 13.0. The van der Waals surface area contributed by atoms with Crippen molar-refractivity contribution in [3.8, 4) is 5.75 Å². The van der Waals surface area contributed by atoms with Crippen LogP contribution in [0.1, 0.15) is 37.7 Å². The summed E-state index contributed by atoms with van der Waals surface area (Å²) in [5.74, 6) is 1.88. The van der Waals surface area contributed by atoms with Gasteiger partial charge in [-0.1, -0.05) is 80.6 Å². The molecule has 0 bridgehead atoms. The van der Waals surface area contributed by atoms with E-state index >= 15 is 0 Å². The number of hydrogen-bond acceptors (Lipinski definition) is 1. The zero-order chi connectivity index (χ0) is 14.8. The van der Waals surface area contributed by atoms with Gasteiger partial charge in [0.2, 0.25) is 0 Å². The highest BCUT2D eigenvalue weighted by Gasteiger charge is 2.13. The van der Waals surface area contributed by atoms with Gasteiger partial charge in [-0.3, -0.25) is 0 Å². The largest absolute Gasteiger partial charge is 0.497 e.